The summed E-state index contributed by atoms with van der Waals surface area (Å²) >= 11 is 6.35. The Morgan fingerprint density at radius 1 is 0.714 bits per heavy atom. The van der Waals surface area contributed by atoms with Crippen LogP contribution in [0.3, 0.4) is 0 Å². The molecule has 0 unspecified atom stereocenters. The summed E-state index contributed by atoms with van der Waals surface area (Å²) in [5.74, 6) is -0.109. The Morgan fingerprint density at radius 2 is 1.11 bits per heavy atom. The van der Waals surface area contributed by atoms with E-state index in [9.17, 15) is 9.59 Å². The maximum Gasteiger partial charge on any atom is 0.235 e. The lowest BCUT2D eigenvalue weighted by Crippen LogP contribution is -2.30. The number of carbonyl (C=O) groups excluding carboxylic acids is 2. The van der Waals surface area contributed by atoms with Crippen LogP contribution >= 0.6 is 31.9 Å². The second-order valence-corrected chi connectivity index (χ2v) is 8.28. The van der Waals surface area contributed by atoms with Gasteiger partial charge in [-0.05, 0) is 48.2 Å². The molecule has 4 nitrogen and oxygen atoms in total. The third kappa shape index (κ3) is 4.84. The Hall–Kier alpha value is -1.66. The highest BCUT2D eigenvalue weighted by molar-refractivity contribution is 9.09. The lowest BCUT2D eigenvalue weighted by molar-refractivity contribution is -0.114. The normalized spacial score (nSPS) is 15.6. The molecule has 2 N–H and O–H groups in total. The van der Waals surface area contributed by atoms with Gasteiger partial charge in [0.05, 0.1) is 10.7 Å². The number of rotatable bonds is 6. The van der Waals surface area contributed by atoms with E-state index in [1.165, 1.54) is 30.4 Å². The van der Waals surface area contributed by atoms with Crippen LogP contribution in [-0.2, 0) is 15.0 Å². The van der Waals surface area contributed by atoms with Gasteiger partial charge in [0.15, 0.2) is 0 Å². The predicted molar refractivity (Wildman–Crippen MR) is 122 cm³/mol. The van der Waals surface area contributed by atoms with Crippen molar-refractivity contribution in [2.75, 3.05) is 21.3 Å². The predicted octanol–water partition coefficient (Wildman–Crippen LogP) is 5.60. The van der Waals surface area contributed by atoms with Crippen LogP contribution < -0.4 is 10.6 Å². The zero-order valence-electron chi connectivity index (χ0n) is 15.6. The van der Waals surface area contributed by atoms with E-state index in [0.717, 1.165) is 24.2 Å². The maximum atomic E-state index is 11.6. The van der Waals surface area contributed by atoms with Crippen molar-refractivity contribution in [3.8, 4) is 0 Å². The molecule has 0 bridgehead atoms. The number of amides is 2. The van der Waals surface area contributed by atoms with Crippen LogP contribution in [0.2, 0.25) is 0 Å². The number of carbonyl (C=O) groups is 2. The second kappa shape index (κ2) is 9.70. The van der Waals surface area contributed by atoms with Crippen molar-refractivity contribution < 1.29 is 9.59 Å². The Balaban J connectivity index is 1.88. The van der Waals surface area contributed by atoms with Crippen molar-refractivity contribution in [1.82, 2.24) is 0 Å². The van der Waals surface area contributed by atoms with Gasteiger partial charge in [-0.25, -0.2) is 0 Å². The quantitative estimate of drug-likeness (QED) is 0.499. The lowest BCUT2D eigenvalue weighted by Gasteiger charge is -2.39. The van der Waals surface area contributed by atoms with Gasteiger partial charge in [-0.2, -0.15) is 0 Å². The molecule has 1 fully saturated rings. The van der Waals surface area contributed by atoms with Crippen LogP contribution in [0.15, 0.2) is 48.5 Å². The molecule has 0 heterocycles. The molecule has 0 aromatic heterocycles. The van der Waals surface area contributed by atoms with Crippen LogP contribution in [0, 0.1) is 0 Å². The molecule has 1 aliphatic carbocycles. The first kappa shape index (κ1) is 21.1. The molecule has 2 aromatic rings. The van der Waals surface area contributed by atoms with E-state index < -0.39 is 0 Å². The number of nitrogens with one attached hydrogen (secondary N) is 2. The molecular weight excluding hydrogens is 484 g/mol. The van der Waals surface area contributed by atoms with Gasteiger partial charge in [-0.3, -0.25) is 9.59 Å². The van der Waals surface area contributed by atoms with Crippen molar-refractivity contribution in [2.24, 2.45) is 0 Å². The molecule has 1 saturated carbocycles. The molecule has 0 radical (unpaired) electrons. The highest BCUT2D eigenvalue weighted by Crippen LogP contribution is 2.45. The monoisotopic (exact) mass is 506 g/mol. The average molecular weight is 508 g/mol. The fourth-order valence-corrected chi connectivity index (χ4v) is 4.31. The van der Waals surface area contributed by atoms with Crippen LogP contribution in [-0.4, -0.2) is 22.5 Å². The van der Waals surface area contributed by atoms with Gasteiger partial charge in [0, 0.05) is 16.8 Å². The minimum absolute atomic E-state index is 0.0197. The van der Waals surface area contributed by atoms with Gasteiger partial charge in [-0.15, -0.1) is 0 Å². The Morgan fingerprint density at radius 3 is 1.46 bits per heavy atom. The summed E-state index contributed by atoms with van der Waals surface area (Å²) in [7, 11) is 0. The third-order valence-corrected chi connectivity index (χ3v) is 6.41. The van der Waals surface area contributed by atoms with Gasteiger partial charge in [0.2, 0.25) is 11.8 Å². The van der Waals surface area contributed by atoms with Crippen LogP contribution in [0.25, 0.3) is 0 Å². The molecule has 0 aliphatic heterocycles. The fraction of sp³-hybridized carbons (Fsp3) is 0.364. The Bertz CT molecular complexity index is 750. The molecular formula is C22H24Br2N2O2. The fourth-order valence-electron chi connectivity index (χ4n) is 4.03. The number of hydrogen-bond acceptors (Lipinski definition) is 2. The minimum atomic E-state index is -0.0544. The summed E-state index contributed by atoms with van der Waals surface area (Å²) in [5, 5.41) is 6.33. The van der Waals surface area contributed by atoms with Crippen molar-refractivity contribution in [1.29, 1.82) is 0 Å². The first-order valence-corrected chi connectivity index (χ1v) is 11.7. The van der Waals surface area contributed by atoms with Crippen LogP contribution in [0.1, 0.15) is 43.2 Å². The highest BCUT2D eigenvalue weighted by atomic mass is 79.9. The van der Waals surface area contributed by atoms with Gasteiger partial charge in [0.25, 0.3) is 0 Å². The first-order valence-electron chi connectivity index (χ1n) is 9.50. The molecule has 0 spiro atoms. The zero-order valence-corrected chi connectivity index (χ0v) is 18.8. The van der Waals surface area contributed by atoms with Gasteiger partial charge in [-0.1, -0.05) is 75.4 Å². The molecule has 2 aromatic carbocycles. The molecule has 0 atom stereocenters. The van der Waals surface area contributed by atoms with Crippen molar-refractivity contribution in [2.45, 2.75) is 37.5 Å². The van der Waals surface area contributed by atoms with E-state index in [1.807, 2.05) is 24.3 Å². The number of benzene rings is 2. The molecule has 2 amide bonds. The zero-order chi connectivity index (χ0) is 20.0. The van der Waals surface area contributed by atoms with Crippen LogP contribution in [0.5, 0.6) is 0 Å². The number of anilines is 2. The van der Waals surface area contributed by atoms with E-state index in [2.05, 4.69) is 66.8 Å². The Kier molecular flexibility index (Phi) is 7.30. The summed E-state index contributed by atoms with van der Waals surface area (Å²) < 4.78 is 0. The first-order chi connectivity index (χ1) is 13.6. The smallest absolute Gasteiger partial charge is 0.235 e. The van der Waals surface area contributed by atoms with Crippen molar-refractivity contribution in [3.05, 3.63) is 59.7 Å². The van der Waals surface area contributed by atoms with Gasteiger partial charge < -0.3 is 10.6 Å². The third-order valence-electron chi connectivity index (χ3n) is 5.39. The molecule has 1 aliphatic rings. The van der Waals surface area contributed by atoms with E-state index in [-0.39, 0.29) is 27.9 Å². The van der Waals surface area contributed by atoms with Crippen LogP contribution in [0.4, 0.5) is 11.4 Å². The minimum Gasteiger partial charge on any atom is -0.325 e. The Labute approximate surface area is 182 Å². The standard InChI is InChI=1S/C22H24Br2N2O2/c23-14-20(27)25-18-8-4-16(5-9-18)22(12-2-1-3-13-22)17-6-10-19(11-7-17)26-21(28)15-24/h4-11H,1-3,12-15H2,(H,25,27)(H,26,28). The topological polar surface area (TPSA) is 58.2 Å². The second-order valence-electron chi connectivity index (χ2n) is 7.16. The average Bonchev–Trinajstić information content (AvgIpc) is 2.75. The number of halogens is 2. The maximum absolute atomic E-state index is 11.6. The molecule has 0 saturated heterocycles. The summed E-state index contributed by atoms with van der Waals surface area (Å²) in [5.41, 5.74) is 4.16. The van der Waals surface area contributed by atoms with Gasteiger partial charge in [0.1, 0.15) is 0 Å². The van der Waals surface area contributed by atoms with Crippen molar-refractivity contribution >= 4 is 55.0 Å². The SMILES string of the molecule is O=C(CBr)Nc1ccc(C2(c3ccc(NC(=O)CBr)cc3)CCCCC2)cc1. The molecule has 148 valence electrons. The highest BCUT2D eigenvalue weighted by Gasteiger charge is 2.35. The summed E-state index contributed by atoms with van der Waals surface area (Å²) in [6.07, 6.45) is 5.87. The summed E-state index contributed by atoms with van der Waals surface area (Å²) in [4.78, 5) is 23.2. The molecule has 28 heavy (non-hydrogen) atoms. The number of alkyl halides is 2. The largest absolute Gasteiger partial charge is 0.325 e. The molecule has 3 rings (SSSR count). The van der Waals surface area contributed by atoms with E-state index in [1.54, 1.807) is 0 Å². The van der Waals surface area contributed by atoms with E-state index in [4.69, 9.17) is 0 Å². The summed E-state index contributed by atoms with van der Waals surface area (Å²) in [6.45, 7) is 0. The van der Waals surface area contributed by atoms with E-state index >= 15 is 0 Å². The molecule has 6 heteroatoms. The van der Waals surface area contributed by atoms with E-state index in [0.29, 0.717) is 0 Å². The van der Waals surface area contributed by atoms with Crippen molar-refractivity contribution in [3.63, 3.8) is 0 Å². The number of hydrogen-bond donors (Lipinski definition) is 2. The van der Waals surface area contributed by atoms with Gasteiger partial charge >= 0.3 is 0 Å². The summed E-state index contributed by atoms with van der Waals surface area (Å²) in [6, 6.07) is 16.5. The lowest BCUT2D eigenvalue weighted by atomic mass is 9.65.